The number of amides is 1. The second-order valence-corrected chi connectivity index (χ2v) is 4.89. The summed E-state index contributed by atoms with van der Waals surface area (Å²) in [5, 5.41) is 12.9. The molecule has 0 fully saturated rings. The first-order chi connectivity index (χ1) is 9.54. The number of anilines is 1. The van der Waals surface area contributed by atoms with Crippen molar-refractivity contribution in [1.29, 1.82) is 0 Å². The summed E-state index contributed by atoms with van der Waals surface area (Å²) in [4.78, 5) is 11.7. The van der Waals surface area contributed by atoms with Crippen molar-refractivity contribution in [2.24, 2.45) is 0 Å². The molecule has 20 heavy (non-hydrogen) atoms. The van der Waals surface area contributed by atoms with Crippen LogP contribution in [-0.2, 0) is 4.79 Å². The monoisotopic (exact) mass is 307 g/mol. The van der Waals surface area contributed by atoms with E-state index in [1.165, 1.54) is 12.1 Å². The lowest BCUT2D eigenvalue weighted by molar-refractivity contribution is -0.111. The second kappa shape index (κ2) is 6.46. The van der Waals surface area contributed by atoms with Crippen LogP contribution in [0.5, 0.6) is 5.75 Å². The molecule has 1 amide bonds. The van der Waals surface area contributed by atoms with Gasteiger partial charge in [0.1, 0.15) is 5.75 Å². The highest BCUT2D eigenvalue weighted by Gasteiger charge is 2.00. The molecule has 0 spiro atoms. The minimum Gasteiger partial charge on any atom is -0.506 e. The number of aromatic hydroxyl groups is 1. The van der Waals surface area contributed by atoms with Gasteiger partial charge in [0.05, 0.1) is 5.02 Å². The maximum Gasteiger partial charge on any atom is 0.248 e. The zero-order chi connectivity index (χ0) is 14.5. The van der Waals surface area contributed by atoms with Crippen molar-refractivity contribution in [2.75, 3.05) is 5.32 Å². The number of carbonyl (C=O) groups excluding carboxylic acids is 1. The molecule has 0 radical (unpaired) electrons. The van der Waals surface area contributed by atoms with E-state index in [1.54, 1.807) is 42.5 Å². The second-order valence-electron chi connectivity index (χ2n) is 4.04. The number of benzene rings is 2. The van der Waals surface area contributed by atoms with Crippen LogP contribution in [0.1, 0.15) is 5.56 Å². The van der Waals surface area contributed by atoms with Crippen LogP contribution in [0.3, 0.4) is 0 Å². The first kappa shape index (κ1) is 14.4. The lowest BCUT2D eigenvalue weighted by Gasteiger charge is -2.02. The predicted molar refractivity (Wildman–Crippen MR) is 82.2 cm³/mol. The highest BCUT2D eigenvalue weighted by molar-refractivity contribution is 6.32. The van der Waals surface area contributed by atoms with Gasteiger partial charge in [-0.2, -0.15) is 0 Å². The first-order valence-electron chi connectivity index (χ1n) is 5.78. The van der Waals surface area contributed by atoms with Gasteiger partial charge < -0.3 is 10.4 Å². The molecule has 0 saturated heterocycles. The zero-order valence-electron chi connectivity index (χ0n) is 10.3. The Labute approximate surface area is 126 Å². The van der Waals surface area contributed by atoms with Crippen LogP contribution >= 0.6 is 23.2 Å². The standard InChI is InChI=1S/C15H11Cl2NO2/c16-11-2-1-3-12(9-11)18-15(20)7-5-10-4-6-13(17)14(19)8-10/h1-9,19H,(H,18,20). The Hall–Kier alpha value is -1.97. The van der Waals surface area contributed by atoms with Gasteiger partial charge in [0, 0.05) is 16.8 Å². The highest BCUT2D eigenvalue weighted by atomic mass is 35.5. The van der Waals surface area contributed by atoms with Crippen molar-refractivity contribution in [3.05, 3.63) is 64.1 Å². The van der Waals surface area contributed by atoms with Crippen LogP contribution < -0.4 is 5.32 Å². The van der Waals surface area contributed by atoms with Gasteiger partial charge in [-0.25, -0.2) is 0 Å². The Morgan fingerprint density at radius 1 is 1.15 bits per heavy atom. The summed E-state index contributed by atoms with van der Waals surface area (Å²) in [5.41, 5.74) is 1.29. The van der Waals surface area contributed by atoms with Gasteiger partial charge in [-0.1, -0.05) is 35.3 Å². The van der Waals surface area contributed by atoms with Gasteiger partial charge in [0.2, 0.25) is 5.91 Å². The van der Waals surface area contributed by atoms with Gasteiger partial charge in [-0.3, -0.25) is 4.79 Å². The molecule has 3 nitrogen and oxygen atoms in total. The van der Waals surface area contributed by atoms with Crippen LogP contribution in [0.15, 0.2) is 48.5 Å². The molecule has 0 bridgehead atoms. The highest BCUT2D eigenvalue weighted by Crippen LogP contribution is 2.24. The Morgan fingerprint density at radius 3 is 2.65 bits per heavy atom. The van der Waals surface area contributed by atoms with Crippen LogP contribution in [0.25, 0.3) is 6.08 Å². The third kappa shape index (κ3) is 4.02. The number of carbonyl (C=O) groups is 1. The Bertz CT molecular complexity index is 669. The number of phenols is 1. The van der Waals surface area contributed by atoms with Gasteiger partial charge >= 0.3 is 0 Å². The minimum atomic E-state index is -0.290. The molecular weight excluding hydrogens is 297 g/mol. The summed E-state index contributed by atoms with van der Waals surface area (Å²) in [7, 11) is 0. The smallest absolute Gasteiger partial charge is 0.248 e. The molecule has 0 aromatic heterocycles. The average molecular weight is 308 g/mol. The molecule has 0 atom stereocenters. The number of hydrogen-bond donors (Lipinski definition) is 2. The van der Waals surface area contributed by atoms with Crippen LogP contribution in [-0.4, -0.2) is 11.0 Å². The molecule has 2 N–H and O–H groups in total. The van der Waals surface area contributed by atoms with E-state index in [1.807, 2.05) is 0 Å². The maximum atomic E-state index is 11.7. The van der Waals surface area contributed by atoms with Gasteiger partial charge in [-0.15, -0.1) is 0 Å². The molecule has 0 aliphatic carbocycles. The minimum absolute atomic E-state index is 0.0240. The average Bonchev–Trinajstić information content (AvgIpc) is 2.40. The number of rotatable bonds is 3. The lowest BCUT2D eigenvalue weighted by Crippen LogP contribution is -2.07. The van der Waals surface area contributed by atoms with Gasteiger partial charge in [-0.05, 0) is 42.0 Å². The van der Waals surface area contributed by atoms with Gasteiger partial charge in [0.15, 0.2) is 0 Å². The number of halogens is 2. The zero-order valence-corrected chi connectivity index (χ0v) is 11.8. The Morgan fingerprint density at radius 2 is 1.95 bits per heavy atom. The van der Waals surface area contributed by atoms with Crippen molar-refractivity contribution in [2.45, 2.75) is 0 Å². The first-order valence-corrected chi connectivity index (χ1v) is 6.53. The molecule has 2 aromatic carbocycles. The summed E-state index contributed by atoms with van der Waals surface area (Å²) in [6, 6.07) is 11.6. The quantitative estimate of drug-likeness (QED) is 0.828. The van der Waals surface area contributed by atoms with E-state index in [0.717, 1.165) is 0 Å². The summed E-state index contributed by atoms with van der Waals surface area (Å²) < 4.78 is 0. The molecule has 0 heterocycles. The number of nitrogens with one attached hydrogen (secondary N) is 1. The number of hydrogen-bond acceptors (Lipinski definition) is 2. The normalized spacial score (nSPS) is 10.7. The van der Waals surface area contributed by atoms with Crippen molar-refractivity contribution >= 4 is 40.9 Å². The Kier molecular flexibility index (Phi) is 4.66. The molecular formula is C15H11Cl2NO2. The van der Waals surface area contributed by atoms with E-state index in [-0.39, 0.29) is 16.7 Å². The van der Waals surface area contributed by atoms with E-state index in [9.17, 15) is 9.90 Å². The maximum absolute atomic E-state index is 11.7. The van der Waals surface area contributed by atoms with Crippen LogP contribution in [0.2, 0.25) is 10.0 Å². The topological polar surface area (TPSA) is 49.3 Å². The van der Waals surface area contributed by atoms with Crippen molar-refractivity contribution in [3.8, 4) is 5.75 Å². The number of phenolic OH excluding ortho intramolecular Hbond substituents is 1. The van der Waals surface area contributed by atoms with E-state index < -0.39 is 0 Å². The third-order valence-electron chi connectivity index (χ3n) is 2.49. The third-order valence-corrected chi connectivity index (χ3v) is 3.04. The SMILES string of the molecule is O=C(C=Cc1ccc(Cl)c(O)c1)Nc1cccc(Cl)c1. The predicted octanol–water partition coefficient (Wildman–Crippen LogP) is 4.35. The molecule has 0 saturated carbocycles. The fourth-order valence-electron chi connectivity index (χ4n) is 1.56. The molecule has 2 rings (SSSR count). The molecule has 0 aliphatic rings. The lowest BCUT2D eigenvalue weighted by atomic mass is 10.2. The fourth-order valence-corrected chi connectivity index (χ4v) is 1.86. The summed E-state index contributed by atoms with van der Waals surface area (Å²) in [6.07, 6.45) is 2.94. The summed E-state index contributed by atoms with van der Waals surface area (Å²) in [6.45, 7) is 0. The molecule has 102 valence electrons. The van der Waals surface area contributed by atoms with Gasteiger partial charge in [0.25, 0.3) is 0 Å². The van der Waals surface area contributed by atoms with Crippen molar-refractivity contribution in [3.63, 3.8) is 0 Å². The molecule has 0 unspecified atom stereocenters. The van der Waals surface area contributed by atoms with Crippen molar-refractivity contribution < 1.29 is 9.90 Å². The van der Waals surface area contributed by atoms with E-state index in [4.69, 9.17) is 23.2 Å². The largest absolute Gasteiger partial charge is 0.506 e. The van der Waals surface area contributed by atoms with E-state index in [0.29, 0.717) is 16.3 Å². The van der Waals surface area contributed by atoms with E-state index in [2.05, 4.69) is 5.32 Å². The molecule has 0 aliphatic heterocycles. The summed E-state index contributed by atoms with van der Waals surface area (Å²) in [5.74, 6) is -0.314. The van der Waals surface area contributed by atoms with Crippen molar-refractivity contribution in [1.82, 2.24) is 0 Å². The Balaban J connectivity index is 2.03. The summed E-state index contributed by atoms with van der Waals surface area (Å²) >= 11 is 11.5. The molecule has 2 aromatic rings. The fraction of sp³-hybridized carbons (Fsp3) is 0. The van der Waals surface area contributed by atoms with Crippen LogP contribution in [0.4, 0.5) is 5.69 Å². The van der Waals surface area contributed by atoms with E-state index >= 15 is 0 Å². The van der Waals surface area contributed by atoms with Crippen LogP contribution in [0, 0.1) is 0 Å². The molecule has 5 heteroatoms.